The largest absolute Gasteiger partial charge is 0.308 e. The highest BCUT2D eigenvalue weighted by Gasteiger charge is 2.28. The molecule has 0 saturated carbocycles. The van der Waals surface area contributed by atoms with E-state index in [9.17, 15) is 5.26 Å². The fraction of sp³-hybridized carbons (Fsp3) is 0. The van der Waals surface area contributed by atoms with Crippen LogP contribution in [-0.2, 0) is 0 Å². The van der Waals surface area contributed by atoms with E-state index in [1.165, 1.54) is 0 Å². The van der Waals surface area contributed by atoms with Crippen molar-refractivity contribution in [1.29, 1.82) is 5.26 Å². The van der Waals surface area contributed by atoms with Crippen molar-refractivity contribution < 1.29 is 0 Å². The second-order valence-electron chi connectivity index (χ2n) is 8.82. The molecule has 1 aromatic heterocycles. The van der Waals surface area contributed by atoms with Gasteiger partial charge in [-0.15, -0.1) is 0 Å². The van der Waals surface area contributed by atoms with Gasteiger partial charge in [0, 0.05) is 20.6 Å². The molecule has 4 nitrogen and oxygen atoms in total. The summed E-state index contributed by atoms with van der Waals surface area (Å²) >= 11 is 1.74. The summed E-state index contributed by atoms with van der Waals surface area (Å²) in [6.07, 6.45) is 0. The smallest absolute Gasteiger partial charge is 0.206 e. The number of nitrogens with zero attached hydrogens (tertiary/aromatic N) is 4. The van der Waals surface area contributed by atoms with Crippen LogP contribution in [0.4, 0.5) is 22.7 Å². The summed E-state index contributed by atoms with van der Waals surface area (Å²) in [7, 11) is 0. The van der Waals surface area contributed by atoms with Gasteiger partial charge in [-0.3, -0.25) is 0 Å². The number of para-hydroxylation sites is 4. The Kier molecular flexibility index (Phi) is 4.79. The van der Waals surface area contributed by atoms with E-state index in [2.05, 4.69) is 93.2 Å². The standard InChI is InChI=1S/C32H18N4S/c1-34-24-19-30(35-25-12-4-2-10-22(25)23-11-3-5-13-26(23)35)29(18-21(24)20-33)36-27-14-6-8-16-31(27)37-32-17-9-7-15-28(32)36/h2-19H. The van der Waals surface area contributed by atoms with Crippen LogP contribution in [0.1, 0.15) is 5.56 Å². The van der Waals surface area contributed by atoms with E-state index < -0.39 is 0 Å². The molecule has 0 bridgehead atoms. The van der Waals surface area contributed by atoms with E-state index in [1.807, 2.05) is 36.4 Å². The lowest BCUT2D eigenvalue weighted by molar-refractivity contribution is 1.11. The third kappa shape index (κ3) is 3.16. The molecule has 0 amide bonds. The van der Waals surface area contributed by atoms with Crippen LogP contribution in [0.3, 0.4) is 0 Å². The van der Waals surface area contributed by atoms with Crippen LogP contribution in [0, 0.1) is 17.9 Å². The van der Waals surface area contributed by atoms with Crippen LogP contribution < -0.4 is 4.90 Å². The minimum absolute atomic E-state index is 0.344. The van der Waals surface area contributed by atoms with Crippen molar-refractivity contribution in [2.75, 3.05) is 4.90 Å². The van der Waals surface area contributed by atoms with E-state index in [1.54, 1.807) is 11.8 Å². The van der Waals surface area contributed by atoms with Gasteiger partial charge in [0.2, 0.25) is 5.69 Å². The van der Waals surface area contributed by atoms with Gasteiger partial charge in [-0.1, -0.05) is 72.4 Å². The van der Waals surface area contributed by atoms with E-state index >= 15 is 0 Å². The molecule has 37 heavy (non-hydrogen) atoms. The molecule has 0 unspecified atom stereocenters. The average Bonchev–Trinajstić information content (AvgIpc) is 3.29. The molecule has 2 heterocycles. The van der Waals surface area contributed by atoms with E-state index in [0.717, 1.165) is 54.3 Å². The van der Waals surface area contributed by atoms with Gasteiger partial charge in [-0.2, -0.15) is 5.26 Å². The molecule has 0 atom stereocenters. The highest BCUT2D eigenvalue weighted by molar-refractivity contribution is 7.99. The van der Waals surface area contributed by atoms with Crippen LogP contribution in [0.2, 0.25) is 0 Å². The Morgan fingerprint density at radius 2 is 1.19 bits per heavy atom. The normalized spacial score (nSPS) is 12.1. The molecule has 1 aliphatic heterocycles. The Balaban J connectivity index is 1.64. The highest BCUT2D eigenvalue weighted by atomic mass is 32.2. The zero-order valence-corrected chi connectivity index (χ0v) is 20.4. The predicted octanol–water partition coefficient (Wildman–Crippen LogP) is 9.14. The van der Waals surface area contributed by atoms with Crippen LogP contribution in [0.25, 0.3) is 32.3 Å². The van der Waals surface area contributed by atoms with Crippen molar-refractivity contribution in [2.24, 2.45) is 0 Å². The lowest BCUT2D eigenvalue weighted by Crippen LogP contribution is -2.17. The van der Waals surface area contributed by atoms with Gasteiger partial charge in [0.05, 0.1) is 52.0 Å². The lowest BCUT2D eigenvalue weighted by atomic mass is 10.1. The van der Waals surface area contributed by atoms with Crippen molar-refractivity contribution >= 4 is 56.3 Å². The van der Waals surface area contributed by atoms with E-state index in [4.69, 9.17) is 6.57 Å². The molecular weight excluding hydrogens is 472 g/mol. The fourth-order valence-electron chi connectivity index (χ4n) is 5.25. The SMILES string of the molecule is [C-]#[N+]c1cc(-n2c3ccccc3c3ccccc32)c(N2c3ccccc3Sc3ccccc32)cc1C#N. The zero-order chi connectivity index (χ0) is 24.9. The molecule has 7 rings (SSSR count). The number of fused-ring (bicyclic) bond motifs is 5. The molecule has 0 aliphatic carbocycles. The monoisotopic (exact) mass is 490 g/mol. The third-order valence-electron chi connectivity index (χ3n) is 6.83. The lowest BCUT2D eigenvalue weighted by Gasteiger charge is -2.34. The second kappa shape index (κ2) is 8.31. The summed E-state index contributed by atoms with van der Waals surface area (Å²) < 4.78 is 2.23. The molecule has 5 aromatic carbocycles. The van der Waals surface area contributed by atoms with Gasteiger partial charge >= 0.3 is 0 Å². The van der Waals surface area contributed by atoms with Gasteiger partial charge in [-0.25, -0.2) is 4.85 Å². The highest BCUT2D eigenvalue weighted by Crippen LogP contribution is 2.53. The summed E-state index contributed by atoms with van der Waals surface area (Å²) in [6.45, 7) is 7.83. The van der Waals surface area contributed by atoms with Crippen molar-refractivity contribution in [3.63, 3.8) is 0 Å². The first-order chi connectivity index (χ1) is 18.3. The maximum atomic E-state index is 10.0. The summed E-state index contributed by atoms with van der Waals surface area (Å²) in [4.78, 5) is 8.25. The number of hydrogen-bond acceptors (Lipinski definition) is 3. The zero-order valence-electron chi connectivity index (χ0n) is 19.6. The quantitative estimate of drug-likeness (QED) is 0.227. The molecule has 0 saturated heterocycles. The first-order valence-electron chi connectivity index (χ1n) is 11.9. The number of nitriles is 1. The second-order valence-corrected chi connectivity index (χ2v) is 9.91. The summed E-state index contributed by atoms with van der Waals surface area (Å²) in [5.41, 5.74) is 6.63. The Labute approximate surface area is 218 Å². The number of hydrogen-bond donors (Lipinski definition) is 0. The minimum atomic E-state index is 0.344. The molecule has 172 valence electrons. The average molecular weight is 491 g/mol. The van der Waals surface area contributed by atoms with Crippen molar-refractivity contribution in [3.05, 3.63) is 126 Å². The topological polar surface area (TPSA) is 36.3 Å². The summed E-state index contributed by atoms with van der Waals surface area (Å²) in [5.74, 6) is 0. The molecule has 1 aliphatic rings. The molecule has 0 fully saturated rings. The van der Waals surface area contributed by atoms with Gasteiger partial charge in [0.1, 0.15) is 0 Å². The fourth-order valence-corrected chi connectivity index (χ4v) is 6.31. The first-order valence-corrected chi connectivity index (χ1v) is 12.7. The third-order valence-corrected chi connectivity index (χ3v) is 7.96. The van der Waals surface area contributed by atoms with Crippen molar-refractivity contribution in [1.82, 2.24) is 4.57 Å². The molecular formula is C32H18N4S. The van der Waals surface area contributed by atoms with E-state index in [-0.39, 0.29) is 0 Å². The maximum absolute atomic E-state index is 10.0. The number of rotatable bonds is 2. The van der Waals surface area contributed by atoms with Gasteiger partial charge in [0.25, 0.3) is 0 Å². The first kappa shape index (κ1) is 21.3. The molecule has 0 N–H and O–H groups in total. The summed E-state index contributed by atoms with van der Waals surface area (Å²) in [6, 6.07) is 39.4. The van der Waals surface area contributed by atoms with Gasteiger partial charge in [-0.05, 0) is 48.5 Å². The number of benzene rings is 5. The number of aromatic nitrogens is 1. The van der Waals surface area contributed by atoms with Crippen LogP contribution in [0.5, 0.6) is 0 Å². The minimum Gasteiger partial charge on any atom is -0.308 e. The molecule has 0 spiro atoms. The Morgan fingerprint density at radius 1 is 0.649 bits per heavy atom. The van der Waals surface area contributed by atoms with Gasteiger partial charge < -0.3 is 9.47 Å². The van der Waals surface area contributed by atoms with Crippen LogP contribution >= 0.6 is 11.8 Å². The molecule has 0 radical (unpaired) electrons. The maximum Gasteiger partial charge on any atom is 0.206 e. The Morgan fingerprint density at radius 3 is 1.76 bits per heavy atom. The predicted molar refractivity (Wildman–Crippen MR) is 151 cm³/mol. The Hall–Kier alpha value is -4.97. The van der Waals surface area contributed by atoms with E-state index in [0.29, 0.717) is 11.3 Å². The van der Waals surface area contributed by atoms with Crippen LogP contribution in [-0.4, -0.2) is 4.57 Å². The van der Waals surface area contributed by atoms with Gasteiger partial charge in [0.15, 0.2) is 0 Å². The van der Waals surface area contributed by atoms with Crippen LogP contribution in [0.15, 0.2) is 119 Å². The van der Waals surface area contributed by atoms with Crippen molar-refractivity contribution in [3.8, 4) is 11.8 Å². The summed E-state index contributed by atoms with van der Waals surface area (Å²) in [5, 5.41) is 12.3. The number of anilines is 3. The molecule has 5 heteroatoms. The molecule has 6 aromatic rings. The Bertz CT molecular complexity index is 1860. The van der Waals surface area contributed by atoms with Crippen molar-refractivity contribution in [2.45, 2.75) is 9.79 Å².